The largest absolute Gasteiger partial charge is 0.497 e. The zero-order chi connectivity index (χ0) is 18.2. The van der Waals surface area contributed by atoms with Crippen LogP contribution in [0.5, 0.6) is 5.75 Å². The van der Waals surface area contributed by atoms with Gasteiger partial charge in [-0.2, -0.15) is 0 Å². The van der Waals surface area contributed by atoms with E-state index in [0.717, 1.165) is 28.5 Å². The van der Waals surface area contributed by atoms with E-state index in [1.807, 2.05) is 43.3 Å². The predicted octanol–water partition coefficient (Wildman–Crippen LogP) is 2.89. The Kier molecular flexibility index (Phi) is 6.57. The molecule has 0 saturated heterocycles. The van der Waals surface area contributed by atoms with Crippen LogP contribution in [0, 0.1) is 0 Å². The summed E-state index contributed by atoms with van der Waals surface area (Å²) in [5, 5.41) is 7.55. The van der Waals surface area contributed by atoms with Crippen molar-refractivity contribution in [2.75, 3.05) is 13.7 Å². The van der Waals surface area contributed by atoms with Crippen molar-refractivity contribution in [2.24, 2.45) is 0 Å². The number of amides is 2. The quantitative estimate of drug-likeness (QED) is 0.762. The van der Waals surface area contributed by atoms with E-state index >= 15 is 0 Å². The zero-order valence-corrected chi connectivity index (χ0v) is 14.8. The normalized spacial score (nSPS) is 12.1. The molecule has 2 aromatic rings. The Labute approximate surface area is 148 Å². The smallest absolute Gasteiger partial charge is 0.244 e. The van der Waals surface area contributed by atoms with Gasteiger partial charge < -0.3 is 15.4 Å². The maximum Gasteiger partial charge on any atom is 0.244 e. The molecule has 0 heterocycles. The van der Waals surface area contributed by atoms with Gasteiger partial charge >= 0.3 is 0 Å². The van der Waals surface area contributed by atoms with E-state index in [0.29, 0.717) is 6.54 Å². The molecule has 2 amide bonds. The lowest BCUT2D eigenvalue weighted by Gasteiger charge is -2.12. The molecule has 5 nitrogen and oxygen atoms in total. The molecule has 0 spiro atoms. The van der Waals surface area contributed by atoms with Gasteiger partial charge in [0.2, 0.25) is 11.8 Å². The van der Waals surface area contributed by atoms with Gasteiger partial charge in [-0.3, -0.25) is 9.59 Å². The van der Waals surface area contributed by atoms with E-state index in [4.69, 9.17) is 4.74 Å². The number of carbonyl (C=O) groups excluding carboxylic acids is 2. The van der Waals surface area contributed by atoms with E-state index in [-0.39, 0.29) is 11.8 Å². The first-order chi connectivity index (χ1) is 12.0. The van der Waals surface area contributed by atoms with Crippen molar-refractivity contribution in [1.29, 1.82) is 0 Å². The maximum absolute atomic E-state index is 12.0. The van der Waals surface area contributed by atoms with Gasteiger partial charge in [-0.15, -0.1) is 0 Å². The summed E-state index contributed by atoms with van der Waals surface area (Å²) in [6.07, 6.45) is 4.03. The van der Waals surface area contributed by atoms with Crippen molar-refractivity contribution < 1.29 is 14.3 Å². The van der Waals surface area contributed by atoms with Crippen molar-refractivity contribution >= 4 is 28.7 Å². The molecule has 0 fully saturated rings. The third-order valence-corrected chi connectivity index (χ3v) is 3.80. The number of fused-ring (bicyclic) bond motifs is 1. The minimum atomic E-state index is -0.562. The van der Waals surface area contributed by atoms with E-state index in [2.05, 4.69) is 10.6 Å². The summed E-state index contributed by atoms with van der Waals surface area (Å²) in [6.45, 7) is 4.25. The number of hydrogen-bond donors (Lipinski definition) is 2. The highest BCUT2D eigenvalue weighted by Gasteiger charge is 2.13. The van der Waals surface area contributed by atoms with Gasteiger partial charge in [0, 0.05) is 12.6 Å². The summed E-state index contributed by atoms with van der Waals surface area (Å²) in [6, 6.07) is 11.2. The molecule has 0 aromatic heterocycles. The fourth-order valence-electron chi connectivity index (χ4n) is 2.37. The number of hydrogen-bond acceptors (Lipinski definition) is 3. The average Bonchev–Trinajstić information content (AvgIpc) is 2.63. The minimum Gasteiger partial charge on any atom is -0.497 e. The van der Waals surface area contributed by atoms with Crippen LogP contribution in [0.3, 0.4) is 0 Å². The van der Waals surface area contributed by atoms with Crippen LogP contribution in [0.2, 0.25) is 0 Å². The van der Waals surface area contributed by atoms with Crippen LogP contribution in [-0.2, 0) is 9.59 Å². The highest BCUT2D eigenvalue weighted by molar-refractivity contribution is 5.96. The Hall–Kier alpha value is -2.82. The van der Waals surface area contributed by atoms with Gasteiger partial charge in [-0.1, -0.05) is 25.1 Å². The van der Waals surface area contributed by atoms with Crippen LogP contribution >= 0.6 is 0 Å². The molecule has 0 bridgehead atoms. The summed E-state index contributed by atoms with van der Waals surface area (Å²) >= 11 is 0. The zero-order valence-electron chi connectivity index (χ0n) is 14.8. The Bertz CT molecular complexity index is 784. The Balaban J connectivity index is 1.99. The van der Waals surface area contributed by atoms with Crippen LogP contribution in [0.4, 0.5) is 0 Å². The molecule has 2 N–H and O–H groups in total. The molecule has 0 unspecified atom stereocenters. The van der Waals surface area contributed by atoms with Crippen molar-refractivity contribution in [3.05, 3.63) is 48.0 Å². The number of ether oxygens (including phenoxy) is 1. The number of benzene rings is 2. The maximum atomic E-state index is 12.0. The molecule has 0 saturated carbocycles. The van der Waals surface area contributed by atoms with Crippen molar-refractivity contribution in [1.82, 2.24) is 10.6 Å². The SMILES string of the molecule is CCCNC(=O)[C@H](C)NC(=O)/C=C/c1ccc2cc(OC)ccc2c1. The van der Waals surface area contributed by atoms with Gasteiger partial charge in [-0.05, 0) is 54.0 Å². The lowest BCUT2D eigenvalue weighted by atomic mass is 10.1. The highest BCUT2D eigenvalue weighted by Crippen LogP contribution is 2.22. The van der Waals surface area contributed by atoms with Crippen molar-refractivity contribution in [2.45, 2.75) is 26.3 Å². The minimum absolute atomic E-state index is 0.178. The topological polar surface area (TPSA) is 67.4 Å². The number of carbonyl (C=O) groups is 2. The second-order valence-corrected chi connectivity index (χ2v) is 5.83. The molecule has 25 heavy (non-hydrogen) atoms. The second kappa shape index (κ2) is 8.87. The molecule has 0 aliphatic rings. The van der Waals surface area contributed by atoms with Crippen molar-refractivity contribution in [3.8, 4) is 5.75 Å². The lowest BCUT2D eigenvalue weighted by Crippen LogP contribution is -2.44. The molecule has 0 aliphatic carbocycles. The third kappa shape index (κ3) is 5.35. The number of methoxy groups -OCH3 is 1. The van der Waals surface area contributed by atoms with Gasteiger partial charge in [-0.25, -0.2) is 0 Å². The fourth-order valence-corrected chi connectivity index (χ4v) is 2.37. The first kappa shape index (κ1) is 18.5. The Morgan fingerprint density at radius 2 is 1.88 bits per heavy atom. The molecule has 0 aliphatic heterocycles. The molecule has 132 valence electrons. The molecule has 0 radical (unpaired) electrons. The Morgan fingerprint density at radius 1 is 1.16 bits per heavy atom. The van der Waals surface area contributed by atoms with Gasteiger partial charge in [0.1, 0.15) is 11.8 Å². The second-order valence-electron chi connectivity index (χ2n) is 5.83. The predicted molar refractivity (Wildman–Crippen MR) is 100 cm³/mol. The first-order valence-corrected chi connectivity index (χ1v) is 8.37. The van der Waals surface area contributed by atoms with E-state index < -0.39 is 6.04 Å². The molecular formula is C20H24N2O3. The summed E-state index contributed by atoms with van der Waals surface area (Å²) in [5.41, 5.74) is 0.913. The van der Waals surface area contributed by atoms with Crippen LogP contribution in [0.1, 0.15) is 25.8 Å². The summed E-state index contributed by atoms with van der Waals surface area (Å²) in [4.78, 5) is 23.7. The van der Waals surface area contributed by atoms with E-state index in [1.165, 1.54) is 6.08 Å². The van der Waals surface area contributed by atoms with E-state index in [1.54, 1.807) is 20.1 Å². The molecule has 2 aromatic carbocycles. The number of nitrogens with one attached hydrogen (secondary N) is 2. The monoisotopic (exact) mass is 340 g/mol. The molecule has 5 heteroatoms. The van der Waals surface area contributed by atoms with Gasteiger partial charge in [0.25, 0.3) is 0 Å². The number of rotatable bonds is 7. The first-order valence-electron chi connectivity index (χ1n) is 8.37. The van der Waals surface area contributed by atoms with Crippen LogP contribution in [-0.4, -0.2) is 31.5 Å². The van der Waals surface area contributed by atoms with Crippen LogP contribution in [0.15, 0.2) is 42.5 Å². The summed E-state index contributed by atoms with van der Waals surface area (Å²) < 4.78 is 5.21. The van der Waals surface area contributed by atoms with E-state index in [9.17, 15) is 9.59 Å². The van der Waals surface area contributed by atoms with Crippen LogP contribution < -0.4 is 15.4 Å². The third-order valence-electron chi connectivity index (χ3n) is 3.80. The highest BCUT2D eigenvalue weighted by atomic mass is 16.5. The summed E-state index contributed by atoms with van der Waals surface area (Å²) in [7, 11) is 1.64. The summed E-state index contributed by atoms with van der Waals surface area (Å²) in [5.74, 6) is 0.336. The van der Waals surface area contributed by atoms with Gasteiger partial charge in [0.15, 0.2) is 0 Å². The van der Waals surface area contributed by atoms with Crippen molar-refractivity contribution in [3.63, 3.8) is 0 Å². The molecule has 2 rings (SSSR count). The fraction of sp³-hybridized carbons (Fsp3) is 0.300. The van der Waals surface area contributed by atoms with Crippen LogP contribution in [0.25, 0.3) is 16.8 Å². The average molecular weight is 340 g/mol. The molecular weight excluding hydrogens is 316 g/mol. The van der Waals surface area contributed by atoms with Gasteiger partial charge in [0.05, 0.1) is 7.11 Å². The lowest BCUT2D eigenvalue weighted by molar-refractivity contribution is -0.126. The standard InChI is InChI=1S/C20H24N2O3/c1-4-11-21-20(24)14(2)22-19(23)10-6-15-5-7-17-13-18(25-3)9-8-16(17)12-15/h5-10,12-14H,4,11H2,1-3H3,(H,21,24)(H,22,23)/b10-6+/t14-/m0/s1. The molecule has 1 atom stereocenters. The Morgan fingerprint density at radius 3 is 2.60 bits per heavy atom.